The van der Waals surface area contributed by atoms with Crippen LogP contribution >= 0.6 is 15.6 Å². The number of alkyl halides is 2. The van der Waals surface area contributed by atoms with Crippen LogP contribution in [-0.4, -0.2) is 109 Å². The Labute approximate surface area is 255 Å². The Morgan fingerprint density at radius 3 is 2.35 bits per heavy atom. The summed E-state index contributed by atoms with van der Waals surface area (Å²) < 4.78 is 90.4. The Hall–Kier alpha value is -3.50. The molecule has 0 aromatic carbocycles. The van der Waals surface area contributed by atoms with E-state index in [0.717, 1.165) is 22.1 Å². The summed E-state index contributed by atoms with van der Waals surface area (Å²) in [6.45, 7) is 1.36. The smallest absolute Gasteiger partial charge is 0.382 e. The second kappa shape index (κ2) is 11.9. The summed E-state index contributed by atoms with van der Waals surface area (Å²) >= 11 is 0. The van der Waals surface area contributed by atoms with Crippen LogP contribution in [0.15, 0.2) is 22.4 Å². The molecule has 3 saturated heterocycles. The molecule has 6 heterocycles. The number of H-pyrrole nitrogens is 1. The first-order chi connectivity index (χ1) is 21.7. The molecule has 10 atom stereocenters. The SMILES string of the molecule is C=Nc1c(N(C)[C@@H]2O[C@@H]3COP(=O)(O)O[C@H]4[C@@H](F)[C@H](n5cnc6c(N)ncnc65)O[C@@H]4COP(=O)(O)O[C@H]3[C@H]2F)nc(N)[nH]c1=O. The summed E-state index contributed by atoms with van der Waals surface area (Å²) in [6.07, 6.45) is -12.8. The van der Waals surface area contributed by atoms with E-state index in [-0.39, 0.29) is 34.4 Å². The van der Waals surface area contributed by atoms with Crippen LogP contribution in [0.25, 0.3) is 11.2 Å². The van der Waals surface area contributed by atoms with Gasteiger partial charge in [0.2, 0.25) is 5.95 Å². The predicted octanol–water partition coefficient (Wildman–Crippen LogP) is -0.141. The van der Waals surface area contributed by atoms with Gasteiger partial charge in [-0.05, 0) is 6.72 Å². The number of nitrogen functional groups attached to an aromatic ring is 2. The molecule has 0 radical (unpaired) electrons. The van der Waals surface area contributed by atoms with Crippen LogP contribution in [0.5, 0.6) is 0 Å². The third-order valence-electron chi connectivity index (χ3n) is 7.28. The molecule has 0 saturated carbocycles. The lowest BCUT2D eigenvalue weighted by molar-refractivity contribution is -0.0612. The number of aromatic nitrogens is 6. The van der Waals surface area contributed by atoms with Crippen molar-refractivity contribution in [1.82, 2.24) is 29.5 Å². The van der Waals surface area contributed by atoms with E-state index in [9.17, 15) is 23.7 Å². The van der Waals surface area contributed by atoms with Gasteiger partial charge in [-0.25, -0.2) is 32.9 Å². The van der Waals surface area contributed by atoms with Crippen molar-refractivity contribution in [1.29, 1.82) is 0 Å². The van der Waals surface area contributed by atoms with E-state index in [1.807, 2.05) is 0 Å². The first-order valence-corrected chi connectivity index (χ1v) is 16.1. The monoisotopic (exact) mass is 694 g/mol. The molecule has 2 unspecified atom stereocenters. The van der Waals surface area contributed by atoms with E-state index in [0.29, 0.717) is 0 Å². The van der Waals surface area contributed by atoms with Crippen LogP contribution in [0.4, 0.5) is 32.1 Å². The molecule has 25 heteroatoms. The number of anilines is 3. The van der Waals surface area contributed by atoms with E-state index in [1.165, 1.54) is 7.05 Å². The molecule has 3 aliphatic rings. The van der Waals surface area contributed by atoms with Crippen molar-refractivity contribution in [3.8, 4) is 0 Å². The van der Waals surface area contributed by atoms with Gasteiger partial charge in [-0.1, -0.05) is 0 Å². The number of aromatic amines is 1. The third-order valence-corrected chi connectivity index (χ3v) is 9.25. The molecule has 0 spiro atoms. The Balaban J connectivity index is 1.27. The lowest BCUT2D eigenvalue weighted by atomic mass is 10.1. The van der Waals surface area contributed by atoms with Crippen LogP contribution in [0.2, 0.25) is 0 Å². The lowest BCUT2D eigenvalue weighted by Crippen LogP contribution is -2.41. The maximum atomic E-state index is 15.9. The number of nitrogens with zero attached hydrogens (tertiary/aromatic N) is 7. The summed E-state index contributed by atoms with van der Waals surface area (Å²) in [5, 5.41) is 0. The van der Waals surface area contributed by atoms with Crippen LogP contribution in [0, 0.1) is 0 Å². The van der Waals surface area contributed by atoms with Gasteiger partial charge in [0.1, 0.15) is 36.3 Å². The van der Waals surface area contributed by atoms with Gasteiger partial charge in [0.15, 0.2) is 47.8 Å². The average Bonchev–Trinajstić information content (AvgIpc) is 3.64. The zero-order valence-electron chi connectivity index (χ0n) is 23.4. The second-order valence-corrected chi connectivity index (χ2v) is 13.0. The molecule has 3 aliphatic heterocycles. The summed E-state index contributed by atoms with van der Waals surface area (Å²) in [7, 11) is -9.14. The minimum Gasteiger partial charge on any atom is -0.382 e. The van der Waals surface area contributed by atoms with E-state index in [4.69, 9.17) is 39.0 Å². The molecule has 250 valence electrons. The molecule has 21 nitrogen and oxygen atoms in total. The number of hydrogen-bond acceptors (Lipinski definition) is 17. The van der Waals surface area contributed by atoms with Crippen molar-refractivity contribution in [3.63, 3.8) is 0 Å². The minimum atomic E-state index is -5.19. The maximum absolute atomic E-state index is 15.9. The number of nitrogens with two attached hydrogens (primary N) is 2. The minimum absolute atomic E-state index is 0.0159. The first-order valence-electron chi connectivity index (χ1n) is 13.1. The molecule has 3 fully saturated rings. The van der Waals surface area contributed by atoms with E-state index < -0.39 is 83.6 Å². The largest absolute Gasteiger partial charge is 0.472 e. The normalized spacial score (nSPS) is 36.8. The van der Waals surface area contributed by atoms with Crippen molar-refractivity contribution < 1.29 is 55.3 Å². The highest BCUT2D eigenvalue weighted by Crippen LogP contribution is 2.54. The quantitative estimate of drug-likeness (QED) is 0.175. The van der Waals surface area contributed by atoms with Crippen molar-refractivity contribution in [2.75, 3.05) is 36.6 Å². The van der Waals surface area contributed by atoms with Crippen LogP contribution in [0.1, 0.15) is 6.23 Å². The van der Waals surface area contributed by atoms with Crippen molar-refractivity contribution >= 4 is 56.8 Å². The zero-order chi connectivity index (χ0) is 33.1. The van der Waals surface area contributed by atoms with Gasteiger partial charge in [-0.3, -0.25) is 37.4 Å². The predicted molar refractivity (Wildman–Crippen MR) is 150 cm³/mol. The number of imidazole rings is 1. The summed E-state index contributed by atoms with van der Waals surface area (Å²) in [5.74, 6) is -0.655. The molecule has 0 aliphatic carbocycles. The van der Waals surface area contributed by atoms with Crippen LogP contribution in [0.3, 0.4) is 0 Å². The molecular formula is C21H26F2N10O11P2. The molecule has 3 aromatic rings. The van der Waals surface area contributed by atoms with Gasteiger partial charge in [0, 0.05) is 7.05 Å². The fourth-order valence-electron chi connectivity index (χ4n) is 5.18. The molecule has 0 amide bonds. The Kier molecular flexibility index (Phi) is 8.42. The second-order valence-electron chi connectivity index (χ2n) is 10.2. The molecule has 3 aromatic heterocycles. The topological polar surface area (TPSA) is 287 Å². The van der Waals surface area contributed by atoms with Crippen LogP contribution < -0.4 is 21.9 Å². The third kappa shape index (κ3) is 5.90. The summed E-state index contributed by atoms with van der Waals surface area (Å²) in [5.41, 5.74) is 10.4. The zero-order valence-corrected chi connectivity index (χ0v) is 25.2. The van der Waals surface area contributed by atoms with Gasteiger partial charge in [-0.2, -0.15) is 4.98 Å². The number of phosphoric acid groups is 2. The van der Waals surface area contributed by atoms with Crippen molar-refractivity contribution in [2.24, 2.45) is 4.99 Å². The highest BCUT2D eigenvalue weighted by atomic mass is 31.2. The lowest BCUT2D eigenvalue weighted by Gasteiger charge is -2.27. The number of nitrogens with one attached hydrogen (secondary N) is 1. The standard InChI is InChI=1S/C21H26F2N10O11P2/c1-26-12-17(30-21(25)31-18(12)34)32(2)19-9(22)13-7(41-19)3-39-46(37,38)44-14-8(4-40-45(35,36)43-13)42-20(10(14)23)33-6-29-11-15(24)27-5-28-16(11)33/h5-10,13-14,19-20H,1,3-4H2,2H3,(H,35,36)(H,37,38)(H2,24,27,28)(H3,25,30,31,34)/t7-,8-,9-,10-,13-,14-,19-,20-/m1/s1. The van der Waals surface area contributed by atoms with E-state index in [2.05, 4.69) is 36.6 Å². The number of fused-ring (bicyclic) bond motifs is 3. The van der Waals surface area contributed by atoms with Crippen LogP contribution in [-0.2, 0) is 36.7 Å². The average molecular weight is 694 g/mol. The number of rotatable bonds is 4. The maximum Gasteiger partial charge on any atom is 0.472 e. The molecular weight excluding hydrogens is 668 g/mol. The van der Waals surface area contributed by atoms with Gasteiger partial charge >= 0.3 is 15.6 Å². The Morgan fingerprint density at radius 2 is 1.70 bits per heavy atom. The fraction of sp³-hybridized carbons (Fsp3) is 0.524. The van der Waals surface area contributed by atoms with Gasteiger partial charge in [0.25, 0.3) is 5.56 Å². The highest BCUT2D eigenvalue weighted by Gasteiger charge is 2.55. The number of phosphoric ester groups is 2. The molecule has 0 bridgehead atoms. The van der Waals surface area contributed by atoms with E-state index in [1.54, 1.807) is 0 Å². The van der Waals surface area contributed by atoms with E-state index >= 15 is 8.78 Å². The van der Waals surface area contributed by atoms with Gasteiger partial charge in [0.05, 0.1) is 19.5 Å². The Bertz CT molecular complexity index is 1820. The Morgan fingerprint density at radius 1 is 1.07 bits per heavy atom. The van der Waals surface area contributed by atoms with Gasteiger partial charge < -0.3 is 35.6 Å². The fourth-order valence-corrected chi connectivity index (χ4v) is 7.09. The van der Waals surface area contributed by atoms with Crippen molar-refractivity contribution in [3.05, 3.63) is 23.0 Å². The highest BCUT2D eigenvalue weighted by molar-refractivity contribution is 7.47. The molecule has 7 N–H and O–H groups in total. The molecule has 46 heavy (non-hydrogen) atoms. The number of hydrogen-bond donors (Lipinski definition) is 5. The number of aliphatic imine (C=N–C) groups is 1. The molecule has 6 rings (SSSR count). The number of ether oxygens (including phenoxy) is 2. The summed E-state index contributed by atoms with van der Waals surface area (Å²) in [4.78, 5) is 55.8. The first kappa shape index (κ1) is 32.4. The van der Waals surface area contributed by atoms with Crippen molar-refractivity contribution in [2.45, 2.75) is 49.2 Å². The number of halogens is 2. The summed E-state index contributed by atoms with van der Waals surface area (Å²) in [6, 6.07) is 0. The van der Waals surface area contributed by atoms with Gasteiger partial charge in [-0.15, -0.1) is 0 Å².